The van der Waals surface area contributed by atoms with Crippen LogP contribution < -0.4 is 10.3 Å². The Bertz CT molecular complexity index is 1550. The number of aromatic nitrogens is 2. The zero-order valence-electron chi connectivity index (χ0n) is 19.7. The minimum absolute atomic E-state index is 0.00915. The molecule has 0 aliphatic rings. The third kappa shape index (κ3) is 6.52. The number of hydrogen-bond donors (Lipinski definition) is 0. The second-order valence-electron chi connectivity index (χ2n) is 8.18. The molecule has 0 atom stereocenters. The quantitative estimate of drug-likeness (QED) is 0.103. The standard InChI is InChI=1S/C26H21Br3N4O4/c1-2-3-7-24-31-23-9-8-18(27)13-20(23)26(34)32(24)30-14-17-11-21(28)25(22(29)12-17)37-15-16-5-4-6-19(10-16)33(35)36/h4-6,8-14H,2-3,7,15H2,1H3. The average Bonchev–Trinajstić information content (AvgIpc) is 2.87. The summed E-state index contributed by atoms with van der Waals surface area (Å²) in [5.74, 6) is 1.15. The molecule has 8 nitrogen and oxygen atoms in total. The van der Waals surface area contributed by atoms with E-state index in [9.17, 15) is 14.9 Å². The molecule has 0 bridgehead atoms. The molecule has 1 aromatic heterocycles. The lowest BCUT2D eigenvalue weighted by atomic mass is 10.2. The lowest BCUT2D eigenvalue weighted by Crippen LogP contribution is -2.22. The highest BCUT2D eigenvalue weighted by Crippen LogP contribution is 2.35. The molecule has 0 amide bonds. The molecule has 11 heteroatoms. The maximum absolute atomic E-state index is 13.3. The summed E-state index contributed by atoms with van der Waals surface area (Å²) in [5.41, 5.74) is 1.82. The predicted octanol–water partition coefficient (Wildman–Crippen LogP) is 7.40. The van der Waals surface area contributed by atoms with Gasteiger partial charge in [-0.15, -0.1) is 0 Å². The largest absolute Gasteiger partial charge is 0.487 e. The number of unbranched alkanes of at least 4 members (excludes halogenated alkanes) is 1. The second kappa shape index (κ2) is 12.1. The van der Waals surface area contributed by atoms with E-state index in [-0.39, 0.29) is 17.9 Å². The van der Waals surface area contributed by atoms with Gasteiger partial charge in [-0.1, -0.05) is 41.4 Å². The predicted molar refractivity (Wildman–Crippen MR) is 155 cm³/mol. The van der Waals surface area contributed by atoms with E-state index in [1.807, 2.05) is 24.3 Å². The number of rotatable bonds is 9. The van der Waals surface area contributed by atoms with Gasteiger partial charge in [0.25, 0.3) is 11.2 Å². The third-order valence-electron chi connectivity index (χ3n) is 5.48. The van der Waals surface area contributed by atoms with Gasteiger partial charge in [-0.3, -0.25) is 14.9 Å². The molecular weight excluding hydrogens is 672 g/mol. The lowest BCUT2D eigenvalue weighted by molar-refractivity contribution is -0.384. The van der Waals surface area contributed by atoms with Crippen molar-refractivity contribution >= 4 is 70.6 Å². The van der Waals surface area contributed by atoms with Crippen molar-refractivity contribution in [2.75, 3.05) is 0 Å². The van der Waals surface area contributed by atoms with Crippen LogP contribution in [0.15, 0.2) is 77.9 Å². The first-order valence-electron chi connectivity index (χ1n) is 11.4. The molecule has 4 rings (SSSR count). The first kappa shape index (κ1) is 27.2. The number of aryl methyl sites for hydroxylation is 1. The SMILES string of the molecule is CCCCc1nc2ccc(Br)cc2c(=O)n1N=Cc1cc(Br)c(OCc2cccc([N+](=O)[O-])c2)c(Br)c1. The van der Waals surface area contributed by atoms with E-state index in [2.05, 4.69) is 59.8 Å². The fourth-order valence-corrected chi connectivity index (χ4v) is 5.45. The van der Waals surface area contributed by atoms with Gasteiger partial charge < -0.3 is 4.74 Å². The summed E-state index contributed by atoms with van der Waals surface area (Å²) in [6, 6.07) is 15.4. The molecule has 0 aliphatic heterocycles. The van der Waals surface area contributed by atoms with E-state index in [0.29, 0.717) is 43.4 Å². The zero-order chi connectivity index (χ0) is 26.5. The Morgan fingerprint density at radius 1 is 1.11 bits per heavy atom. The van der Waals surface area contributed by atoms with Crippen molar-refractivity contribution in [3.05, 3.63) is 105 Å². The van der Waals surface area contributed by atoms with Crippen molar-refractivity contribution in [1.82, 2.24) is 9.66 Å². The van der Waals surface area contributed by atoms with Crippen molar-refractivity contribution < 1.29 is 9.66 Å². The Balaban J connectivity index is 1.62. The molecule has 190 valence electrons. The first-order valence-corrected chi connectivity index (χ1v) is 13.8. The number of fused-ring (bicyclic) bond motifs is 1. The Morgan fingerprint density at radius 3 is 2.57 bits per heavy atom. The van der Waals surface area contributed by atoms with Crippen LogP contribution in [0.1, 0.15) is 36.7 Å². The molecule has 1 heterocycles. The summed E-state index contributed by atoms with van der Waals surface area (Å²) in [5, 5.41) is 16.0. The number of benzene rings is 3. The van der Waals surface area contributed by atoms with E-state index in [1.165, 1.54) is 16.8 Å². The number of halogens is 3. The van der Waals surface area contributed by atoms with Crippen LogP contribution in [0.3, 0.4) is 0 Å². The fraction of sp³-hybridized carbons (Fsp3) is 0.192. The highest BCUT2D eigenvalue weighted by Gasteiger charge is 2.13. The van der Waals surface area contributed by atoms with Crippen molar-refractivity contribution in [2.45, 2.75) is 32.8 Å². The maximum Gasteiger partial charge on any atom is 0.282 e. The molecule has 0 saturated heterocycles. The van der Waals surface area contributed by atoms with E-state index in [4.69, 9.17) is 9.72 Å². The van der Waals surface area contributed by atoms with Gasteiger partial charge in [-0.05, 0) is 79.7 Å². The van der Waals surface area contributed by atoms with Gasteiger partial charge in [-0.2, -0.15) is 9.78 Å². The van der Waals surface area contributed by atoms with Crippen LogP contribution in [0.4, 0.5) is 5.69 Å². The van der Waals surface area contributed by atoms with E-state index in [0.717, 1.165) is 22.9 Å². The summed E-state index contributed by atoms with van der Waals surface area (Å²) in [7, 11) is 0. The monoisotopic (exact) mass is 690 g/mol. The number of non-ortho nitro benzene ring substituents is 1. The smallest absolute Gasteiger partial charge is 0.282 e. The minimum Gasteiger partial charge on any atom is -0.487 e. The molecule has 4 aromatic rings. The lowest BCUT2D eigenvalue weighted by Gasteiger charge is -2.12. The van der Waals surface area contributed by atoms with Gasteiger partial charge >= 0.3 is 0 Å². The van der Waals surface area contributed by atoms with Gasteiger partial charge in [0.05, 0.1) is 31.0 Å². The topological polar surface area (TPSA) is 99.6 Å². The second-order valence-corrected chi connectivity index (χ2v) is 10.8. The van der Waals surface area contributed by atoms with Crippen LogP contribution in [0.5, 0.6) is 5.75 Å². The maximum atomic E-state index is 13.3. The van der Waals surface area contributed by atoms with Gasteiger partial charge in [0.1, 0.15) is 18.2 Å². The molecule has 0 spiro atoms. The minimum atomic E-state index is -0.438. The van der Waals surface area contributed by atoms with Crippen molar-refractivity contribution in [3.63, 3.8) is 0 Å². The van der Waals surface area contributed by atoms with Gasteiger partial charge in [-0.25, -0.2) is 4.98 Å². The molecule has 0 unspecified atom stereocenters. The molecule has 0 saturated carbocycles. The van der Waals surface area contributed by atoms with E-state index < -0.39 is 4.92 Å². The summed E-state index contributed by atoms with van der Waals surface area (Å²) in [6.07, 6.45) is 4.09. The number of nitrogens with zero attached hydrogens (tertiary/aromatic N) is 4. The van der Waals surface area contributed by atoms with E-state index in [1.54, 1.807) is 24.4 Å². The number of hydrogen-bond acceptors (Lipinski definition) is 6. The van der Waals surface area contributed by atoms with Crippen LogP contribution in [0.25, 0.3) is 10.9 Å². The van der Waals surface area contributed by atoms with Gasteiger partial charge in [0.2, 0.25) is 0 Å². The Kier molecular flexibility index (Phi) is 8.88. The van der Waals surface area contributed by atoms with Crippen molar-refractivity contribution in [1.29, 1.82) is 0 Å². The molecule has 0 fully saturated rings. The van der Waals surface area contributed by atoms with Crippen LogP contribution in [-0.4, -0.2) is 20.8 Å². The van der Waals surface area contributed by atoms with Gasteiger partial charge in [0.15, 0.2) is 0 Å². The first-order chi connectivity index (χ1) is 17.8. The Hall–Kier alpha value is -2.89. The van der Waals surface area contributed by atoms with Crippen molar-refractivity contribution in [2.24, 2.45) is 5.10 Å². The Morgan fingerprint density at radius 2 is 1.86 bits per heavy atom. The van der Waals surface area contributed by atoms with Crippen LogP contribution in [0, 0.1) is 10.1 Å². The zero-order valence-corrected chi connectivity index (χ0v) is 24.4. The van der Waals surface area contributed by atoms with Gasteiger partial charge in [0, 0.05) is 23.0 Å². The summed E-state index contributed by atoms with van der Waals surface area (Å²) < 4.78 is 9.39. The molecule has 37 heavy (non-hydrogen) atoms. The highest BCUT2D eigenvalue weighted by molar-refractivity contribution is 9.11. The summed E-state index contributed by atoms with van der Waals surface area (Å²) in [6.45, 7) is 2.24. The van der Waals surface area contributed by atoms with Crippen LogP contribution >= 0.6 is 47.8 Å². The molecular formula is C26H21Br3N4O4. The molecule has 0 radical (unpaired) electrons. The van der Waals surface area contributed by atoms with Crippen LogP contribution in [-0.2, 0) is 13.0 Å². The molecule has 0 N–H and O–H groups in total. The normalized spacial score (nSPS) is 11.4. The summed E-state index contributed by atoms with van der Waals surface area (Å²) in [4.78, 5) is 28.5. The Labute approximate surface area is 237 Å². The average molecular weight is 693 g/mol. The summed E-state index contributed by atoms with van der Waals surface area (Å²) >= 11 is 10.5. The fourth-order valence-electron chi connectivity index (χ4n) is 3.64. The number of nitro benzene ring substituents is 1. The van der Waals surface area contributed by atoms with Crippen LogP contribution in [0.2, 0.25) is 0 Å². The van der Waals surface area contributed by atoms with Crippen molar-refractivity contribution in [3.8, 4) is 5.75 Å². The molecule has 3 aromatic carbocycles. The number of ether oxygens (including phenoxy) is 1. The number of nitro groups is 1. The highest BCUT2D eigenvalue weighted by atomic mass is 79.9. The van der Waals surface area contributed by atoms with E-state index >= 15 is 0 Å². The third-order valence-corrected chi connectivity index (χ3v) is 7.15. The molecule has 0 aliphatic carbocycles.